The summed E-state index contributed by atoms with van der Waals surface area (Å²) < 4.78 is 41.2. The minimum atomic E-state index is -3.35. The molecule has 0 bridgehead atoms. The normalized spacial score (nSPS) is 11.9. The Balaban J connectivity index is 3.24. The van der Waals surface area contributed by atoms with Crippen LogP contribution in [0.3, 0.4) is 0 Å². The first-order valence-electron chi connectivity index (χ1n) is 17.1. The van der Waals surface area contributed by atoms with Crippen LogP contribution >= 0.6 is 0 Å². The van der Waals surface area contributed by atoms with Crippen LogP contribution in [0.25, 0.3) is 0 Å². The quantitative estimate of drug-likeness (QED) is 0.0590. The predicted octanol–water partition coefficient (Wildman–Crippen LogP) is 11.6. The van der Waals surface area contributed by atoms with Gasteiger partial charge in [-0.3, -0.25) is 8.57 Å². The molecule has 0 aliphatic rings. The highest BCUT2D eigenvalue weighted by Crippen LogP contribution is 2.15. The number of rotatable bonds is 33. The lowest BCUT2D eigenvalue weighted by molar-refractivity contribution is 0.305. The third-order valence-corrected chi connectivity index (χ3v) is 9.10. The van der Waals surface area contributed by atoms with Crippen LogP contribution in [0.4, 0.5) is 4.39 Å². The van der Waals surface area contributed by atoms with E-state index in [-0.39, 0.29) is 12.4 Å². The molecular formula is C33H67FO3S. The molecule has 0 heterocycles. The molecule has 0 rings (SSSR count). The molecule has 0 saturated heterocycles. The van der Waals surface area contributed by atoms with Gasteiger partial charge in [-0.1, -0.05) is 174 Å². The molecule has 230 valence electrons. The summed E-state index contributed by atoms with van der Waals surface area (Å²) in [4.78, 5) is 0. The number of unbranched alkanes of at least 4 members (excludes halogenated alkanes) is 27. The Morgan fingerprint density at radius 2 is 0.711 bits per heavy atom. The van der Waals surface area contributed by atoms with Crippen molar-refractivity contribution in [2.24, 2.45) is 0 Å². The van der Waals surface area contributed by atoms with Gasteiger partial charge in [0.1, 0.15) is 0 Å². The van der Waals surface area contributed by atoms with Crippen LogP contribution in [0.1, 0.15) is 193 Å². The van der Waals surface area contributed by atoms with E-state index in [1.165, 1.54) is 128 Å². The van der Waals surface area contributed by atoms with E-state index >= 15 is 0 Å². The van der Waals surface area contributed by atoms with Crippen molar-refractivity contribution in [3.8, 4) is 0 Å². The van der Waals surface area contributed by atoms with E-state index in [9.17, 15) is 12.8 Å². The van der Waals surface area contributed by atoms with E-state index < -0.39 is 10.1 Å². The Labute approximate surface area is 239 Å². The zero-order chi connectivity index (χ0) is 27.8. The zero-order valence-corrected chi connectivity index (χ0v) is 26.5. The van der Waals surface area contributed by atoms with Gasteiger partial charge in [0, 0.05) is 0 Å². The van der Waals surface area contributed by atoms with Crippen LogP contribution in [0.15, 0.2) is 0 Å². The smallest absolute Gasteiger partial charge is 0.267 e. The molecule has 0 aromatic heterocycles. The van der Waals surface area contributed by atoms with E-state index in [2.05, 4.69) is 6.92 Å². The molecule has 0 aliphatic carbocycles. The van der Waals surface area contributed by atoms with E-state index in [1.807, 2.05) is 0 Å². The van der Waals surface area contributed by atoms with Crippen LogP contribution in [-0.2, 0) is 14.3 Å². The van der Waals surface area contributed by atoms with Gasteiger partial charge in [0.2, 0.25) is 0 Å². The fourth-order valence-corrected chi connectivity index (χ4v) is 6.26. The highest BCUT2D eigenvalue weighted by atomic mass is 32.2. The molecule has 0 fully saturated rings. The van der Waals surface area contributed by atoms with Crippen molar-refractivity contribution in [2.45, 2.75) is 193 Å². The van der Waals surface area contributed by atoms with Gasteiger partial charge in [0.25, 0.3) is 10.1 Å². The Hall–Kier alpha value is -0.160. The molecule has 0 saturated carbocycles. The summed E-state index contributed by atoms with van der Waals surface area (Å²) >= 11 is 0. The van der Waals surface area contributed by atoms with Crippen molar-refractivity contribution >= 4 is 10.1 Å². The lowest BCUT2D eigenvalue weighted by atomic mass is 10.0. The van der Waals surface area contributed by atoms with Gasteiger partial charge in [0.05, 0.1) is 19.0 Å². The Kier molecular flexibility index (Phi) is 31.2. The van der Waals surface area contributed by atoms with Gasteiger partial charge in [-0.2, -0.15) is 8.42 Å². The molecule has 5 heteroatoms. The lowest BCUT2D eigenvalue weighted by Gasteiger charge is -2.06. The molecule has 0 spiro atoms. The molecule has 0 aromatic rings. The highest BCUT2D eigenvalue weighted by Gasteiger charge is 2.10. The monoisotopic (exact) mass is 562 g/mol. The summed E-state index contributed by atoms with van der Waals surface area (Å²) in [5.41, 5.74) is 0. The Morgan fingerprint density at radius 3 is 1.05 bits per heavy atom. The summed E-state index contributed by atoms with van der Waals surface area (Å²) in [5.74, 6) is 0.155. The summed E-state index contributed by atoms with van der Waals surface area (Å²) in [5, 5.41) is 0. The third-order valence-electron chi connectivity index (χ3n) is 7.79. The van der Waals surface area contributed by atoms with Crippen molar-refractivity contribution < 1.29 is 17.0 Å². The van der Waals surface area contributed by atoms with Crippen LogP contribution in [-0.4, -0.2) is 27.5 Å². The molecule has 0 amide bonds. The van der Waals surface area contributed by atoms with Gasteiger partial charge in [-0.05, 0) is 19.3 Å². The number of hydrogen-bond donors (Lipinski definition) is 0. The van der Waals surface area contributed by atoms with Gasteiger partial charge in [-0.25, -0.2) is 0 Å². The average molecular weight is 563 g/mol. The molecule has 0 aromatic carbocycles. The molecule has 0 unspecified atom stereocenters. The molecular weight excluding hydrogens is 495 g/mol. The summed E-state index contributed by atoms with van der Waals surface area (Å²) in [7, 11) is -3.35. The molecule has 0 radical (unpaired) electrons. The topological polar surface area (TPSA) is 43.4 Å². The van der Waals surface area contributed by atoms with E-state index in [1.54, 1.807) is 0 Å². The van der Waals surface area contributed by atoms with Crippen LogP contribution < -0.4 is 0 Å². The summed E-state index contributed by atoms with van der Waals surface area (Å²) in [6.45, 7) is 2.43. The number of hydrogen-bond acceptors (Lipinski definition) is 3. The summed E-state index contributed by atoms with van der Waals surface area (Å²) in [6, 6.07) is 0. The SMILES string of the molecule is CCCCCCCCCCCCCCCCCCCCCCOS(=O)(=O)CCCCCCCCCCCF. The Bertz CT molecular complexity index is 538. The van der Waals surface area contributed by atoms with Gasteiger partial charge in [0.15, 0.2) is 0 Å². The molecule has 38 heavy (non-hydrogen) atoms. The van der Waals surface area contributed by atoms with Crippen molar-refractivity contribution in [3.63, 3.8) is 0 Å². The standard InChI is InChI=1S/C33H67FO3S/c1-2-3-4-5-6-7-8-9-10-11-12-13-14-15-16-17-20-23-26-29-32-37-38(35,36)33-30-27-24-21-18-19-22-25-28-31-34/h2-33H2,1H3. The maximum Gasteiger partial charge on any atom is 0.267 e. The molecule has 3 nitrogen and oxygen atoms in total. The second-order valence-electron chi connectivity index (χ2n) is 11.7. The predicted molar refractivity (Wildman–Crippen MR) is 165 cm³/mol. The highest BCUT2D eigenvalue weighted by molar-refractivity contribution is 7.86. The lowest BCUT2D eigenvalue weighted by Crippen LogP contribution is -2.11. The fraction of sp³-hybridized carbons (Fsp3) is 1.00. The van der Waals surface area contributed by atoms with Crippen LogP contribution in [0.2, 0.25) is 0 Å². The average Bonchev–Trinajstić information content (AvgIpc) is 2.90. The van der Waals surface area contributed by atoms with Crippen molar-refractivity contribution in [1.82, 2.24) is 0 Å². The fourth-order valence-electron chi connectivity index (χ4n) is 5.21. The minimum Gasteiger partial charge on any atom is -0.270 e. The Morgan fingerprint density at radius 1 is 0.421 bits per heavy atom. The number of alkyl halides is 1. The number of halogens is 1. The first-order valence-corrected chi connectivity index (χ1v) is 18.6. The third kappa shape index (κ3) is 32.1. The zero-order valence-electron chi connectivity index (χ0n) is 25.6. The second-order valence-corrected chi connectivity index (χ2v) is 13.4. The summed E-state index contributed by atoms with van der Waals surface area (Å²) in [6.07, 6.45) is 35.9. The van der Waals surface area contributed by atoms with Crippen LogP contribution in [0, 0.1) is 0 Å². The largest absolute Gasteiger partial charge is 0.270 e. The van der Waals surface area contributed by atoms with E-state index in [4.69, 9.17) is 4.18 Å². The first kappa shape index (κ1) is 37.8. The molecule has 0 N–H and O–H groups in total. The first-order chi connectivity index (χ1) is 18.6. The van der Waals surface area contributed by atoms with Crippen molar-refractivity contribution in [1.29, 1.82) is 0 Å². The molecule has 0 atom stereocenters. The molecule has 0 aliphatic heterocycles. The maximum atomic E-state index is 12.0. The maximum absolute atomic E-state index is 12.0. The van der Waals surface area contributed by atoms with Gasteiger partial charge < -0.3 is 0 Å². The second kappa shape index (κ2) is 31.4. The van der Waals surface area contributed by atoms with E-state index in [0.717, 1.165) is 44.9 Å². The minimum absolute atomic E-state index is 0.155. The van der Waals surface area contributed by atoms with E-state index in [0.29, 0.717) is 19.4 Å². The van der Waals surface area contributed by atoms with Gasteiger partial charge >= 0.3 is 0 Å². The van der Waals surface area contributed by atoms with Gasteiger partial charge in [-0.15, -0.1) is 0 Å². The van der Waals surface area contributed by atoms with Crippen LogP contribution in [0.5, 0.6) is 0 Å². The van der Waals surface area contributed by atoms with Crippen molar-refractivity contribution in [2.75, 3.05) is 19.0 Å². The van der Waals surface area contributed by atoms with Crippen molar-refractivity contribution in [3.05, 3.63) is 0 Å².